The van der Waals surface area contributed by atoms with Crippen molar-refractivity contribution in [3.63, 3.8) is 0 Å². The summed E-state index contributed by atoms with van der Waals surface area (Å²) in [6.07, 6.45) is 0. The SMILES string of the molecule is Cc1c(NC(=S)N(C)c2ccc(O)cc2)c(=O)n(-c2ccccc2)n1C. The number of phenols is 1. The molecule has 7 heteroatoms. The van der Waals surface area contributed by atoms with Crippen molar-refractivity contribution in [3.05, 3.63) is 70.6 Å². The van der Waals surface area contributed by atoms with Crippen LogP contribution in [0.4, 0.5) is 11.4 Å². The fourth-order valence-corrected chi connectivity index (χ4v) is 2.90. The summed E-state index contributed by atoms with van der Waals surface area (Å²) in [6.45, 7) is 1.87. The van der Waals surface area contributed by atoms with Gasteiger partial charge in [-0.2, -0.15) is 0 Å². The third-order valence-corrected chi connectivity index (χ3v) is 4.70. The molecule has 3 aromatic rings. The van der Waals surface area contributed by atoms with Crippen molar-refractivity contribution in [2.24, 2.45) is 7.05 Å². The van der Waals surface area contributed by atoms with Crippen LogP contribution >= 0.6 is 12.2 Å². The van der Waals surface area contributed by atoms with Gasteiger partial charge in [0.15, 0.2) is 5.11 Å². The van der Waals surface area contributed by atoms with E-state index in [0.29, 0.717) is 10.8 Å². The van der Waals surface area contributed by atoms with E-state index in [-0.39, 0.29) is 11.3 Å². The van der Waals surface area contributed by atoms with Gasteiger partial charge in [-0.25, -0.2) is 4.68 Å². The van der Waals surface area contributed by atoms with E-state index < -0.39 is 0 Å². The highest BCUT2D eigenvalue weighted by Gasteiger charge is 2.18. The van der Waals surface area contributed by atoms with Crippen LogP contribution in [0.1, 0.15) is 5.69 Å². The molecular weight excluding hydrogens is 348 g/mol. The Morgan fingerprint density at radius 3 is 2.35 bits per heavy atom. The normalized spacial score (nSPS) is 10.6. The van der Waals surface area contributed by atoms with Crippen LogP contribution in [0.2, 0.25) is 0 Å². The van der Waals surface area contributed by atoms with Crippen molar-refractivity contribution >= 4 is 28.7 Å². The lowest BCUT2D eigenvalue weighted by molar-refractivity contribution is 0.475. The number of hydrogen-bond donors (Lipinski definition) is 2. The van der Waals surface area contributed by atoms with E-state index >= 15 is 0 Å². The van der Waals surface area contributed by atoms with Crippen LogP contribution in [-0.2, 0) is 7.05 Å². The van der Waals surface area contributed by atoms with Crippen molar-refractivity contribution in [1.82, 2.24) is 9.36 Å². The number of phenolic OH excluding ortho intramolecular Hbond substituents is 1. The van der Waals surface area contributed by atoms with E-state index in [1.54, 1.807) is 45.6 Å². The standard InChI is InChI=1S/C19H20N4O2S/c1-13-17(18(25)23(22(13)3)15-7-5-4-6-8-15)20-19(26)21(2)14-9-11-16(24)12-10-14/h4-12,24H,1-3H3,(H,20,26). The predicted molar refractivity (Wildman–Crippen MR) is 108 cm³/mol. The molecule has 0 aliphatic heterocycles. The molecule has 1 heterocycles. The Hall–Kier alpha value is -3.06. The first-order chi connectivity index (χ1) is 12.4. The molecule has 0 fully saturated rings. The Labute approximate surface area is 156 Å². The molecule has 0 spiro atoms. The molecule has 0 saturated carbocycles. The van der Waals surface area contributed by atoms with Crippen molar-refractivity contribution in [2.45, 2.75) is 6.92 Å². The first-order valence-corrected chi connectivity index (χ1v) is 8.48. The Kier molecular flexibility index (Phi) is 4.81. The third-order valence-electron chi connectivity index (χ3n) is 4.33. The van der Waals surface area contributed by atoms with Gasteiger partial charge in [-0.3, -0.25) is 9.48 Å². The van der Waals surface area contributed by atoms with Crippen LogP contribution in [0.15, 0.2) is 59.4 Å². The van der Waals surface area contributed by atoms with Crippen LogP contribution in [-0.4, -0.2) is 26.6 Å². The van der Waals surface area contributed by atoms with E-state index in [2.05, 4.69) is 5.32 Å². The number of aromatic nitrogens is 2. The number of aromatic hydroxyl groups is 1. The van der Waals surface area contributed by atoms with E-state index in [1.165, 1.54) is 0 Å². The fraction of sp³-hybridized carbons (Fsp3) is 0.158. The first kappa shape index (κ1) is 17.8. The van der Waals surface area contributed by atoms with Gasteiger partial charge in [0.1, 0.15) is 11.4 Å². The van der Waals surface area contributed by atoms with Crippen molar-refractivity contribution in [2.75, 3.05) is 17.3 Å². The molecule has 2 N–H and O–H groups in total. The molecule has 1 aromatic heterocycles. The second-order valence-electron chi connectivity index (χ2n) is 5.94. The average molecular weight is 368 g/mol. The molecule has 0 radical (unpaired) electrons. The predicted octanol–water partition coefficient (Wildman–Crippen LogP) is 3.02. The minimum absolute atomic E-state index is 0.169. The Morgan fingerprint density at radius 2 is 1.73 bits per heavy atom. The Bertz CT molecular complexity index is 991. The highest BCUT2D eigenvalue weighted by atomic mass is 32.1. The lowest BCUT2D eigenvalue weighted by atomic mass is 10.3. The average Bonchev–Trinajstić information content (AvgIpc) is 2.86. The second-order valence-corrected chi connectivity index (χ2v) is 6.33. The molecule has 0 aliphatic carbocycles. The zero-order valence-corrected chi connectivity index (χ0v) is 15.6. The maximum absolute atomic E-state index is 12.9. The summed E-state index contributed by atoms with van der Waals surface area (Å²) in [6, 6.07) is 16.1. The minimum atomic E-state index is -0.169. The summed E-state index contributed by atoms with van der Waals surface area (Å²) >= 11 is 5.46. The molecule has 2 aromatic carbocycles. The molecule has 6 nitrogen and oxygen atoms in total. The fourth-order valence-electron chi connectivity index (χ4n) is 2.70. The van der Waals surface area contributed by atoms with Crippen LogP contribution in [0.5, 0.6) is 5.75 Å². The lowest BCUT2D eigenvalue weighted by Crippen LogP contribution is -2.33. The van der Waals surface area contributed by atoms with Crippen molar-refractivity contribution in [3.8, 4) is 11.4 Å². The van der Waals surface area contributed by atoms with Crippen LogP contribution in [0.3, 0.4) is 0 Å². The van der Waals surface area contributed by atoms with Gasteiger partial charge in [0.2, 0.25) is 0 Å². The zero-order valence-electron chi connectivity index (χ0n) is 14.8. The number of anilines is 2. The number of para-hydroxylation sites is 1. The van der Waals surface area contributed by atoms with E-state index in [9.17, 15) is 9.90 Å². The molecule has 0 atom stereocenters. The highest BCUT2D eigenvalue weighted by molar-refractivity contribution is 7.80. The Morgan fingerprint density at radius 1 is 1.12 bits per heavy atom. The monoisotopic (exact) mass is 368 g/mol. The minimum Gasteiger partial charge on any atom is -0.508 e. The van der Waals surface area contributed by atoms with Gasteiger partial charge in [0.05, 0.1) is 11.4 Å². The quantitative estimate of drug-likeness (QED) is 0.696. The number of nitrogens with zero attached hydrogens (tertiary/aromatic N) is 3. The van der Waals surface area contributed by atoms with E-state index in [1.807, 2.05) is 44.3 Å². The maximum atomic E-state index is 12.9. The van der Waals surface area contributed by atoms with E-state index in [4.69, 9.17) is 12.2 Å². The summed E-state index contributed by atoms with van der Waals surface area (Å²) in [5, 5.41) is 12.9. The van der Waals surface area contributed by atoms with Gasteiger partial charge >= 0.3 is 0 Å². The Balaban J connectivity index is 1.92. The summed E-state index contributed by atoms with van der Waals surface area (Å²) < 4.78 is 3.39. The van der Waals surface area contributed by atoms with Gasteiger partial charge < -0.3 is 15.3 Å². The zero-order chi connectivity index (χ0) is 18.8. The van der Waals surface area contributed by atoms with E-state index in [0.717, 1.165) is 17.1 Å². The van der Waals surface area contributed by atoms with Crippen LogP contribution < -0.4 is 15.8 Å². The second kappa shape index (κ2) is 7.05. The smallest absolute Gasteiger partial charge is 0.295 e. The largest absolute Gasteiger partial charge is 0.508 e. The van der Waals surface area contributed by atoms with Gasteiger partial charge in [-0.1, -0.05) is 18.2 Å². The molecule has 0 aliphatic rings. The molecule has 26 heavy (non-hydrogen) atoms. The molecule has 3 rings (SSSR count). The molecule has 0 amide bonds. The summed E-state index contributed by atoms with van der Waals surface area (Å²) in [7, 11) is 3.64. The first-order valence-electron chi connectivity index (χ1n) is 8.08. The van der Waals surface area contributed by atoms with Gasteiger partial charge in [0, 0.05) is 19.8 Å². The summed E-state index contributed by atoms with van der Waals surface area (Å²) in [5.41, 5.74) is 2.64. The lowest BCUT2D eigenvalue weighted by Gasteiger charge is -2.20. The summed E-state index contributed by atoms with van der Waals surface area (Å²) in [5.74, 6) is 0.186. The highest BCUT2D eigenvalue weighted by Crippen LogP contribution is 2.19. The maximum Gasteiger partial charge on any atom is 0.295 e. The van der Waals surface area contributed by atoms with Crippen LogP contribution in [0, 0.1) is 6.92 Å². The molecule has 134 valence electrons. The number of hydrogen-bond acceptors (Lipinski definition) is 3. The molecule has 0 unspecified atom stereocenters. The third kappa shape index (κ3) is 3.21. The molecule has 0 bridgehead atoms. The van der Waals surface area contributed by atoms with Gasteiger partial charge in [-0.15, -0.1) is 0 Å². The number of rotatable bonds is 3. The van der Waals surface area contributed by atoms with Crippen LogP contribution in [0.25, 0.3) is 5.69 Å². The summed E-state index contributed by atoms with van der Waals surface area (Å²) in [4.78, 5) is 14.7. The van der Waals surface area contributed by atoms with Crippen molar-refractivity contribution < 1.29 is 5.11 Å². The number of nitrogens with one attached hydrogen (secondary N) is 1. The topological polar surface area (TPSA) is 62.4 Å². The number of thiocarbonyl (C=S) groups is 1. The molecule has 0 saturated heterocycles. The van der Waals surface area contributed by atoms with Gasteiger partial charge in [0.25, 0.3) is 5.56 Å². The number of benzene rings is 2. The molecular formula is C19H20N4O2S. The van der Waals surface area contributed by atoms with Gasteiger partial charge in [-0.05, 0) is 55.5 Å². The van der Waals surface area contributed by atoms with Crippen molar-refractivity contribution in [1.29, 1.82) is 0 Å².